The molecule has 0 saturated heterocycles. The van der Waals surface area contributed by atoms with Crippen molar-refractivity contribution < 1.29 is 0 Å². The molecule has 0 radical (unpaired) electrons. The summed E-state index contributed by atoms with van der Waals surface area (Å²) in [5.41, 5.74) is 5.41. The highest BCUT2D eigenvalue weighted by molar-refractivity contribution is 5.67. The fraction of sp³-hybridized carbons (Fsp3) is 0.267. The van der Waals surface area contributed by atoms with E-state index in [1.807, 2.05) is 39.8 Å². The summed E-state index contributed by atoms with van der Waals surface area (Å²) in [6, 6.07) is 8.32. The Labute approximate surface area is 113 Å². The Kier molecular flexibility index (Phi) is 3.48. The zero-order valence-electron chi connectivity index (χ0n) is 11.6. The van der Waals surface area contributed by atoms with Gasteiger partial charge in [-0.1, -0.05) is 12.1 Å². The van der Waals surface area contributed by atoms with Crippen molar-refractivity contribution in [1.82, 2.24) is 10.2 Å². The first-order valence-corrected chi connectivity index (χ1v) is 6.11. The summed E-state index contributed by atoms with van der Waals surface area (Å²) in [6.45, 7) is 7.78. The Morgan fingerprint density at radius 1 is 1.11 bits per heavy atom. The molecule has 1 heterocycles. The lowest BCUT2D eigenvalue weighted by atomic mass is 10.1. The maximum absolute atomic E-state index is 9.27. The second kappa shape index (κ2) is 5.07. The van der Waals surface area contributed by atoms with Crippen molar-refractivity contribution >= 4 is 11.5 Å². The molecule has 0 atom stereocenters. The average molecular weight is 252 g/mol. The number of anilines is 2. The van der Waals surface area contributed by atoms with Gasteiger partial charge in [-0.2, -0.15) is 10.4 Å². The van der Waals surface area contributed by atoms with E-state index in [-0.39, 0.29) is 0 Å². The average Bonchev–Trinajstić information content (AvgIpc) is 2.38. The first-order valence-electron chi connectivity index (χ1n) is 6.11. The summed E-state index contributed by atoms with van der Waals surface area (Å²) < 4.78 is 0. The van der Waals surface area contributed by atoms with Gasteiger partial charge >= 0.3 is 0 Å². The van der Waals surface area contributed by atoms with E-state index in [4.69, 9.17) is 0 Å². The molecule has 0 aliphatic carbocycles. The molecule has 0 aliphatic heterocycles. The van der Waals surface area contributed by atoms with Crippen molar-refractivity contribution in [2.24, 2.45) is 0 Å². The quantitative estimate of drug-likeness (QED) is 0.890. The van der Waals surface area contributed by atoms with Crippen molar-refractivity contribution in [1.29, 1.82) is 5.26 Å². The third-order valence-electron chi connectivity index (χ3n) is 3.21. The van der Waals surface area contributed by atoms with Crippen molar-refractivity contribution in [3.05, 3.63) is 46.1 Å². The number of hydrogen-bond donors (Lipinski definition) is 1. The Balaban J connectivity index is 2.47. The summed E-state index contributed by atoms with van der Waals surface area (Å²) in [5.74, 6) is 0.513. The topological polar surface area (TPSA) is 61.6 Å². The minimum atomic E-state index is 0.513. The number of hydrogen-bond acceptors (Lipinski definition) is 4. The molecule has 0 aliphatic rings. The van der Waals surface area contributed by atoms with Crippen LogP contribution < -0.4 is 5.32 Å². The molecule has 1 N–H and O–H groups in total. The SMILES string of the molecule is Cc1ccc(C)c(Nc2nnc(C)c(C)c2C#N)c1. The van der Waals surface area contributed by atoms with Crippen LogP contribution in [0.2, 0.25) is 0 Å². The molecular weight excluding hydrogens is 236 g/mol. The summed E-state index contributed by atoms with van der Waals surface area (Å²) >= 11 is 0. The molecule has 0 fully saturated rings. The van der Waals surface area contributed by atoms with E-state index < -0.39 is 0 Å². The van der Waals surface area contributed by atoms with E-state index in [0.717, 1.165) is 28.1 Å². The van der Waals surface area contributed by atoms with Crippen LogP contribution in [0.5, 0.6) is 0 Å². The molecule has 96 valence electrons. The third kappa shape index (κ3) is 2.55. The molecule has 0 saturated carbocycles. The fourth-order valence-corrected chi connectivity index (χ4v) is 1.83. The molecule has 4 heteroatoms. The van der Waals surface area contributed by atoms with Gasteiger partial charge in [0, 0.05) is 5.69 Å². The molecular formula is C15H16N4. The maximum atomic E-state index is 9.27. The van der Waals surface area contributed by atoms with Crippen molar-refractivity contribution in [3.8, 4) is 6.07 Å². The highest BCUT2D eigenvalue weighted by Gasteiger charge is 2.11. The van der Waals surface area contributed by atoms with Crippen LogP contribution in [0.25, 0.3) is 0 Å². The van der Waals surface area contributed by atoms with Crippen molar-refractivity contribution in [3.63, 3.8) is 0 Å². The summed E-state index contributed by atoms with van der Waals surface area (Å²) in [4.78, 5) is 0. The van der Waals surface area contributed by atoms with Gasteiger partial charge in [-0.3, -0.25) is 0 Å². The molecule has 19 heavy (non-hydrogen) atoms. The maximum Gasteiger partial charge on any atom is 0.171 e. The zero-order chi connectivity index (χ0) is 14.0. The number of aromatic nitrogens is 2. The summed E-state index contributed by atoms with van der Waals surface area (Å²) in [5, 5.41) is 20.6. The minimum Gasteiger partial charge on any atom is -0.337 e. The summed E-state index contributed by atoms with van der Waals surface area (Å²) in [6.07, 6.45) is 0. The van der Waals surface area contributed by atoms with E-state index in [9.17, 15) is 5.26 Å². The number of nitrogens with one attached hydrogen (secondary N) is 1. The highest BCUT2D eigenvalue weighted by Crippen LogP contribution is 2.24. The second-order valence-electron chi connectivity index (χ2n) is 4.69. The minimum absolute atomic E-state index is 0.513. The zero-order valence-corrected chi connectivity index (χ0v) is 11.6. The first-order chi connectivity index (χ1) is 9.02. The molecule has 0 spiro atoms. The first kappa shape index (κ1) is 13.0. The molecule has 0 unspecified atom stereocenters. The standard InChI is InChI=1S/C15H16N4/c1-9-5-6-10(2)14(7-9)17-15-13(8-16)11(3)12(4)18-19-15/h5-7H,1-4H3,(H,17,19). The number of benzene rings is 1. The lowest BCUT2D eigenvalue weighted by Gasteiger charge is -2.12. The van der Waals surface area contributed by atoms with Crippen LogP contribution in [0, 0.1) is 39.0 Å². The van der Waals surface area contributed by atoms with Crippen LogP contribution in [0.1, 0.15) is 27.9 Å². The molecule has 2 rings (SSSR count). The van der Waals surface area contributed by atoms with Gasteiger partial charge in [-0.15, -0.1) is 5.10 Å². The molecule has 0 bridgehead atoms. The van der Waals surface area contributed by atoms with E-state index >= 15 is 0 Å². The van der Waals surface area contributed by atoms with E-state index in [1.54, 1.807) is 0 Å². The Morgan fingerprint density at radius 3 is 2.53 bits per heavy atom. The Morgan fingerprint density at radius 2 is 1.84 bits per heavy atom. The molecule has 0 amide bonds. The monoisotopic (exact) mass is 252 g/mol. The Hall–Kier alpha value is -2.41. The second-order valence-corrected chi connectivity index (χ2v) is 4.69. The molecule has 1 aromatic carbocycles. The van der Waals surface area contributed by atoms with Crippen LogP contribution in [-0.4, -0.2) is 10.2 Å². The van der Waals surface area contributed by atoms with Crippen LogP contribution in [0.3, 0.4) is 0 Å². The molecule has 1 aromatic heterocycles. The van der Waals surface area contributed by atoms with Crippen molar-refractivity contribution in [2.75, 3.05) is 5.32 Å². The lowest BCUT2D eigenvalue weighted by molar-refractivity contribution is 0.960. The molecule has 2 aromatic rings. The van der Waals surface area contributed by atoms with Gasteiger partial charge in [-0.25, -0.2) is 0 Å². The van der Waals surface area contributed by atoms with Crippen LogP contribution in [0.4, 0.5) is 11.5 Å². The predicted octanol–water partition coefficient (Wildman–Crippen LogP) is 3.33. The van der Waals surface area contributed by atoms with E-state index in [2.05, 4.69) is 27.6 Å². The van der Waals surface area contributed by atoms with Crippen molar-refractivity contribution in [2.45, 2.75) is 27.7 Å². The number of nitrogens with zero attached hydrogens (tertiary/aromatic N) is 3. The smallest absolute Gasteiger partial charge is 0.171 e. The molecule has 4 nitrogen and oxygen atoms in total. The normalized spacial score (nSPS) is 10.1. The Bertz CT molecular complexity index is 669. The van der Waals surface area contributed by atoms with Crippen LogP contribution >= 0.6 is 0 Å². The van der Waals surface area contributed by atoms with Crippen LogP contribution in [-0.2, 0) is 0 Å². The lowest BCUT2D eigenvalue weighted by Crippen LogP contribution is -2.04. The van der Waals surface area contributed by atoms with Gasteiger partial charge in [0.25, 0.3) is 0 Å². The number of aryl methyl sites for hydroxylation is 3. The van der Waals surface area contributed by atoms with Gasteiger partial charge in [0.05, 0.1) is 5.69 Å². The van der Waals surface area contributed by atoms with Gasteiger partial charge in [0.2, 0.25) is 0 Å². The fourth-order valence-electron chi connectivity index (χ4n) is 1.83. The van der Waals surface area contributed by atoms with Gasteiger partial charge in [0.1, 0.15) is 11.6 Å². The third-order valence-corrected chi connectivity index (χ3v) is 3.21. The number of nitriles is 1. The predicted molar refractivity (Wildman–Crippen MR) is 75.4 cm³/mol. The van der Waals surface area contributed by atoms with Crippen LogP contribution in [0.15, 0.2) is 18.2 Å². The van der Waals surface area contributed by atoms with E-state index in [0.29, 0.717) is 11.4 Å². The largest absolute Gasteiger partial charge is 0.337 e. The number of rotatable bonds is 2. The van der Waals surface area contributed by atoms with Gasteiger partial charge < -0.3 is 5.32 Å². The summed E-state index contributed by atoms with van der Waals surface area (Å²) in [7, 11) is 0. The highest BCUT2D eigenvalue weighted by atomic mass is 15.2. The van der Waals surface area contributed by atoms with Gasteiger partial charge in [0.15, 0.2) is 5.82 Å². The van der Waals surface area contributed by atoms with Gasteiger partial charge in [-0.05, 0) is 50.5 Å². The van der Waals surface area contributed by atoms with E-state index in [1.165, 1.54) is 0 Å².